The van der Waals surface area contributed by atoms with Crippen molar-refractivity contribution in [2.45, 2.75) is 20.4 Å². The molecule has 0 bridgehead atoms. The van der Waals surface area contributed by atoms with Gasteiger partial charge in [-0.2, -0.15) is 0 Å². The Balaban J connectivity index is 1.97. The van der Waals surface area contributed by atoms with Crippen molar-refractivity contribution < 1.29 is 14.7 Å². The van der Waals surface area contributed by atoms with Crippen molar-refractivity contribution >= 4 is 23.5 Å². The molecule has 2 rings (SSSR count). The Labute approximate surface area is 116 Å². The van der Waals surface area contributed by atoms with Gasteiger partial charge < -0.3 is 10.4 Å². The highest BCUT2D eigenvalue weighted by molar-refractivity contribution is 6.31. The molecule has 1 amide bonds. The molecule has 1 aromatic rings. The highest BCUT2D eigenvalue weighted by atomic mass is 35.5. The zero-order valence-electron chi connectivity index (χ0n) is 10.8. The average Bonchev–Trinajstić information content (AvgIpc) is 2.91. The first kappa shape index (κ1) is 13.9. The molecule has 1 aliphatic rings. The Bertz CT molecular complexity index is 527. The van der Waals surface area contributed by atoms with E-state index in [0.29, 0.717) is 11.6 Å². The summed E-state index contributed by atoms with van der Waals surface area (Å²) in [6.07, 6.45) is 0. The maximum Gasteiger partial charge on any atom is 0.307 e. The van der Waals surface area contributed by atoms with Crippen LogP contribution in [0.2, 0.25) is 5.02 Å². The molecule has 1 fully saturated rings. The number of benzene rings is 1. The number of halogens is 1. The summed E-state index contributed by atoms with van der Waals surface area (Å²) in [5.41, 5.74) is 0.346. The topological polar surface area (TPSA) is 66.4 Å². The Hall–Kier alpha value is -1.55. The van der Waals surface area contributed by atoms with Gasteiger partial charge in [0.1, 0.15) is 0 Å². The van der Waals surface area contributed by atoms with Gasteiger partial charge in [-0.3, -0.25) is 9.59 Å². The number of hydrogen-bond acceptors (Lipinski definition) is 2. The van der Waals surface area contributed by atoms with Crippen molar-refractivity contribution in [3.8, 4) is 0 Å². The van der Waals surface area contributed by atoms with Gasteiger partial charge in [0.25, 0.3) is 0 Å². The lowest BCUT2D eigenvalue weighted by Crippen LogP contribution is -2.26. The second-order valence-electron chi connectivity index (χ2n) is 5.42. The zero-order chi connectivity index (χ0) is 14.2. The van der Waals surface area contributed by atoms with E-state index >= 15 is 0 Å². The van der Waals surface area contributed by atoms with Crippen molar-refractivity contribution in [3.63, 3.8) is 0 Å². The first-order valence-corrected chi connectivity index (χ1v) is 6.47. The summed E-state index contributed by atoms with van der Waals surface area (Å²) >= 11 is 5.99. The zero-order valence-corrected chi connectivity index (χ0v) is 11.6. The Morgan fingerprint density at radius 1 is 1.32 bits per heavy atom. The minimum Gasteiger partial charge on any atom is -0.481 e. The number of hydrogen-bond donors (Lipinski definition) is 2. The summed E-state index contributed by atoms with van der Waals surface area (Å²) in [4.78, 5) is 23.0. The number of rotatable bonds is 4. The molecule has 1 aliphatic carbocycles. The largest absolute Gasteiger partial charge is 0.481 e. The molecule has 5 heteroatoms. The molecule has 0 heterocycles. The number of carbonyl (C=O) groups excluding carboxylic acids is 1. The molecule has 0 saturated heterocycles. The predicted octanol–water partition coefficient (Wildman–Crippen LogP) is 2.31. The summed E-state index contributed by atoms with van der Waals surface area (Å²) in [5, 5.41) is 12.4. The van der Waals surface area contributed by atoms with E-state index in [2.05, 4.69) is 5.32 Å². The van der Waals surface area contributed by atoms with Gasteiger partial charge in [0.05, 0.1) is 11.8 Å². The number of aliphatic carboxylic acids is 1. The standard InChI is InChI=1S/C14H16ClNO3/c1-14(2)10(11(14)13(18)19)12(17)16-7-8-5-3-4-6-9(8)15/h3-6,10-11H,7H2,1-2H3,(H,16,17)(H,18,19)/t10-,11+/m1/s1. The van der Waals surface area contributed by atoms with Crippen LogP contribution in [0.1, 0.15) is 19.4 Å². The summed E-state index contributed by atoms with van der Waals surface area (Å²) in [6.45, 7) is 3.91. The molecule has 0 aromatic heterocycles. The lowest BCUT2D eigenvalue weighted by molar-refractivity contribution is -0.140. The maximum atomic E-state index is 12.0. The number of carbonyl (C=O) groups is 2. The maximum absolute atomic E-state index is 12.0. The minimum absolute atomic E-state index is 0.225. The van der Waals surface area contributed by atoms with Crippen LogP contribution in [0.4, 0.5) is 0 Å². The number of amides is 1. The van der Waals surface area contributed by atoms with E-state index in [-0.39, 0.29) is 5.91 Å². The quantitative estimate of drug-likeness (QED) is 0.890. The van der Waals surface area contributed by atoms with Gasteiger partial charge in [-0.1, -0.05) is 43.6 Å². The lowest BCUT2D eigenvalue weighted by atomic mass is 10.1. The van der Waals surface area contributed by atoms with Gasteiger partial charge in [-0.25, -0.2) is 0 Å². The molecular formula is C14H16ClNO3. The highest BCUT2D eigenvalue weighted by Crippen LogP contribution is 2.58. The molecule has 0 radical (unpaired) electrons. The van der Waals surface area contributed by atoms with Gasteiger partial charge in [-0.15, -0.1) is 0 Å². The van der Waals surface area contributed by atoms with Crippen LogP contribution in [-0.4, -0.2) is 17.0 Å². The normalized spacial score (nSPS) is 23.7. The number of carboxylic acid groups (broad SMARTS) is 1. The second-order valence-corrected chi connectivity index (χ2v) is 5.83. The van der Waals surface area contributed by atoms with Crippen LogP contribution in [0.3, 0.4) is 0 Å². The molecule has 0 unspecified atom stereocenters. The van der Waals surface area contributed by atoms with E-state index in [9.17, 15) is 9.59 Å². The van der Waals surface area contributed by atoms with E-state index in [0.717, 1.165) is 5.56 Å². The van der Waals surface area contributed by atoms with Gasteiger partial charge >= 0.3 is 5.97 Å². The first-order chi connectivity index (χ1) is 8.85. The first-order valence-electron chi connectivity index (χ1n) is 6.09. The summed E-state index contributed by atoms with van der Waals surface area (Å²) in [5.74, 6) is -2.20. The fourth-order valence-corrected chi connectivity index (χ4v) is 2.72. The van der Waals surface area contributed by atoms with Crippen molar-refractivity contribution in [1.29, 1.82) is 0 Å². The van der Waals surface area contributed by atoms with E-state index < -0.39 is 23.2 Å². The van der Waals surface area contributed by atoms with Gasteiger partial charge in [0, 0.05) is 11.6 Å². The van der Waals surface area contributed by atoms with E-state index in [1.54, 1.807) is 19.9 Å². The van der Waals surface area contributed by atoms with Gasteiger partial charge in [0.15, 0.2) is 0 Å². The van der Waals surface area contributed by atoms with Crippen LogP contribution in [0.15, 0.2) is 24.3 Å². The smallest absolute Gasteiger partial charge is 0.307 e. The van der Waals surface area contributed by atoms with E-state index in [1.165, 1.54) is 0 Å². The molecule has 2 atom stereocenters. The van der Waals surface area contributed by atoms with Crippen LogP contribution in [0.5, 0.6) is 0 Å². The Morgan fingerprint density at radius 2 is 1.95 bits per heavy atom. The number of nitrogens with one attached hydrogen (secondary N) is 1. The molecule has 1 saturated carbocycles. The van der Waals surface area contributed by atoms with Crippen LogP contribution < -0.4 is 5.32 Å². The van der Waals surface area contributed by atoms with E-state index in [1.807, 2.05) is 18.2 Å². The lowest BCUT2D eigenvalue weighted by Gasteiger charge is -2.07. The van der Waals surface area contributed by atoms with Crippen molar-refractivity contribution in [2.75, 3.05) is 0 Å². The van der Waals surface area contributed by atoms with Gasteiger partial charge in [0.2, 0.25) is 5.91 Å². The third-order valence-corrected chi connectivity index (χ3v) is 4.16. The monoisotopic (exact) mass is 281 g/mol. The van der Waals surface area contributed by atoms with Crippen LogP contribution in [0, 0.1) is 17.3 Å². The fraction of sp³-hybridized carbons (Fsp3) is 0.429. The predicted molar refractivity (Wildman–Crippen MR) is 71.7 cm³/mol. The highest BCUT2D eigenvalue weighted by Gasteiger charge is 2.65. The van der Waals surface area contributed by atoms with Gasteiger partial charge in [-0.05, 0) is 17.0 Å². The Morgan fingerprint density at radius 3 is 2.47 bits per heavy atom. The molecule has 4 nitrogen and oxygen atoms in total. The molecule has 2 N–H and O–H groups in total. The van der Waals surface area contributed by atoms with Crippen LogP contribution in [-0.2, 0) is 16.1 Å². The average molecular weight is 282 g/mol. The molecule has 1 aromatic carbocycles. The molecule has 102 valence electrons. The molecule has 0 aliphatic heterocycles. The third kappa shape index (κ3) is 2.59. The molecule has 0 spiro atoms. The summed E-state index contributed by atoms with van der Waals surface area (Å²) < 4.78 is 0. The van der Waals surface area contributed by atoms with E-state index in [4.69, 9.17) is 16.7 Å². The van der Waals surface area contributed by atoms with Crippen molar-refractivity contribution in [1.82, 2.24) is 5.32 Å². The minimum atomic E-state index is -0.914. The Kier molecular flexibility index (Phi) is 3.54. The second kappa shape index (κ2) is 4.85. The SMILES string of the molecule is CC1(C)[C@H](C(=O)O)[C@@H]1C(=O)NCc1ccccc1Cl. The van der Waals surface area contributed by atoms with Crippen molar-refractivity contribution in [2.24, 2.45) is 17.3 Å². The molecular weight excluding hydrogens is 266 g/mol. The summed E-state index contributed by atoms with van der Waals surface area (Å²) in [6, 6.07) is 7.24. The van der Waals surface area contributed by atoms with Crippen molar-refractivity contribution in [3.05, 3.63) is 34.9 Å². The molecule has 19 heavy (non-hydrogen) atoms. The number of carboxylic acids is 1. The summed E-state index contributed by atoms with van der Waals surface area (Å²) in [7, 11) is 0. The fourth-order valence-electron chi connectivity index (χ4n) is 2.52. The third-order valence-electron chi connectivity index (χ3n) is 3.79. The van der Waals surface area contributed by atoms with Crippen LogP contribution in [0.25, 0.3) is 0 Å². The van der Waals surface area contributed by atoms with Crippen LogP contribution >= 0.6 is 11.6 Å².